The molecule has 0 saturated carbocycles. The Morgan fingerprint density at radius 2 is 0.939 bits per heavy atom. The van der Waals surface area contributed by atoms with Gasteiger partial charge in [-0.2, -0.15) is 0 Å². The first-order valence-electron chi connectivity index (χ1n) is 16.4. The number of thiophene rings is 1. The van der Waals surface area contributed by atoms with Crippen LogP contribution in [0.15, 0.2) is 164 Å². The predicted molar refractivity (Wildman–Crippen MR) is 207 cm³/mol. The molecule has 0 aliphatic rings. The summed E-state index contributed by atoms with van der Waals surface area (Å²) in [7, 11) is 0. The molecule has 0 saturated heterocycles. The van der Waals surface area contributed by atoms with E-state index in [9.17, 15) is 0 Å². The number of nitrogens with zero attached hydrogens (tertiary/aromatic N) is 3. The molecule has 0 bridgehead atoms. The Labute approximate surface area is 286 Å². The molecule has 3 nitrogen and oxygen atoms in total. The fourth-order valence-electron chi connectivity index (χ4n) is 7.14. The lowest BCUT2D eigenvalue weighted by Gasteiger charge is -2.13. The van der Waals surface area contributed by atoms with Crippen molar-refractivity contribution in [2.24, 2.45) is 0 Å². The van der Waals surface area contributed by atoms with E-state index < -0.39 is 0 Å². The van der Waals surface area contributed by atoms with Crippen LogP contribution in [-0.2, 0) is 0 Å². The van der Waals surface area contributed by atoms with E-state index in [0.29, 0.717) is 17.5 Å². The number of benzene rings is 8. The Balaban J connectivity index is 1.28. The maximum Gasteiger partial charge on any atom is 0.164 e. The lowest BCUT2D eigenvalue weighted by atomic mass is 9.94. The van der Waals surface area contributed by atoms with Gasteiger partial charge in [0.15, 0.2) is 17.5 Å². The minimum absolute atomic E-state index is 0.658. The Hall–Kier alpha value is -6.23. The Morgan fingerprint density at radius 3 is 1.76 bits per heavy atom. The summed E-state index contributed by atoms with van der Waals surface area (Å²) in [4.78, 5) is 15.4. The van der Waals surface area contributed by atoms with Crippen molar-refractivity contribution in [1.82, 2.24) is 15.0 Å². The van der Waals surface area contributed by atoms with Crippen molar-refractivity contribution in [1.29, 1.82) is 0 Å². The molecule has 2 heterocycles. The molecule has 0 aliphatic carbocycles. The standard InChI is InChI=1S/C45H27N3S/c1-3-13-29(14-4-1)35-20-11-21-37-38-25-24-36-39(27-32-18-9-10-19-34(32)40(36)42(38)49-41(35)37)45-47-43(30-15-5-2-6-16-30)46-44(48-45)33-23-22-28-12-7-8-17-31(28)26-33/h1-27H. The highest BCUT2D eigenvalue weighted by Gasteiger charge is 2.19. The van der Waals surface area contributed by atoms with E-state index in [0.717, 1.165) is 32.8 Å². The third-order valence-electron chi connectivity index (χ3n) is 9.49. The van der Waals surface area contributed by atoms with Crippen molar-refractivity contribution < 1.29 is 0 Å². The Kier molecular flexibility index (Phi) is 6.36. The second-order valence-electron chi connectivity index (χ2n) is 12.4. The van der Waals surface area contributed by atoms with Gasteiger partial charge in [0.25, 0.3) is 0 Å². The minimum Gasteiger partial charge on any atom is -0.208 e. The van der Waals surface area contributed by atoms with Crippen LogP contribution >= 0.6 is 11.3 Å². The maximum absolute atomic E-state index is 5.22. The lowest BCUT2D eigenvalue weighted by molar-refractivity contribution is 1.08. The zero-order valence-corrected chi connectivity index (χ0v) is 27.2. The first kappa shape index (κ1) is 27.8. The molecule has 228 valence electrons. The normalized spacial score (nSPS) is 11.7. The summed E-state index contributed by atoms with van der Waals surface area (Å²) in [6.45, 7) is 0. The smallest absolute Gasteiger partial charge is 0.164 e. The average Bonchev–Trinajstić information content (AvgIpc) is 3.57. The summed E-state index contributed by atoms with van der Waals surface area (Å²) >= 11 is 1.88. The van der Waals surface area contributed by atoms with Crippen LogP contribution in [0.25, 0.3) is 97.8 Å². The molecule has 8 aromatic carbocycles. The molecule has 2 aromatic heterocycles. The number of fused-ring (bicyclic) bond motifs is 8. The molecule has 0 fully saturated rings. The number of aromatic nitrogens is 3. The number of hydrogen-bond donors (Lipinski definition) is 0. The Bertz CT molecular complexity index is 2880. The van der Waals surface area contributed by atoms with Crippen molar-refractivity contribution in [3.63, 3.8) is 0 Å². The van der Waals surface area contributed by atoms with Gasteiger partial charge < -0.3 is 0 Å². The van der Waals surface area contributed by atoms with E-state index in [1.165, 1.54) is 47.5 Å². The predicted octanol–water partition coefficient (Wildman–Crippen LogP) is 12.4. The number of rotatable bonds is 4. The SMILES string of the molecule is c1ccc(-c2nc(-c3ccc4ccccc4c3)nc(-c3cc4ccccc4c4c3ccc3c5cccc(-c6ccccc6)c5sc34)n2)cc1. The molecular formula is C45H27N3S. The molecule has 0 aliphatic heterocycles. The van der Waals surface area contributed by atoms with Gasteiger partial charge in [0.2, 0.25) is 0 Å². The molecule has 0 spiro atoms. The van der Waals surface area contributed by atoms with Crippen molar-refractivity contribution >= 4 is 63.8 Å². The van der Waals surface area contributed by atoms with E-state index in [-0.39, 0.29) is 0 Å². The van der Waals surface area contributed by atoms with Crippen molar-refractivity contribution in [2.75, 3.05) is 0 Å². The van der Waals surface area contributed by atoms with E-state index in [4.69, 9.17) is 15.0 Å². The fourth-order valence-corrected chi connectivity index (χ4v) is 8.54. The van der Waals surface area contributed by atoms with Crippen molar-refractivity contribution in [3.8, 4) is 45.3 Å². The molecule has 0 unspecified atom stereocenters. The average molecular weight is 642 g/mol. The molecule has 10 aromatic rings. The van der Waals surface area contributed by atoms with E-state index >= 15 is 0 Å². The summed E-state index contributed by atoms with van der Waals surface area (Å²) in [5.74, 6) is 1.98. The van der Waals surface area contributed by atoms with Gasteiger partial charge in [0.1, 0.15) is 0 Å². The van der Waals surface area contributed by atoms with E-state index in [1.54, 1.807) is 0 Å². The van der Waals surface area contributed by atoms with Gasteiger partial charge in [-0.1, -0.05) is 152 Å². The summed E-state index contributed by atoms with van der Waals surface area (Å²) < 4.78 is 2.58. The Morgan fingerprint density at radius 1 is 0.327 bits per heavy atom. The second kappa shape index (κ2) is 11.2. The first-order chi connectivity index (χ1) is 24.3. The van der Waals surface area contributed by atoms with Crippen molar-refractivity contribution in [2.45, 2.75) is 0 Å². The second-order valence-corrected chi connectivity index (χ2v) is 13.4. The van der Waals surface area contributed by atoms with Gasteiger partial charge in [-0.3, -0.25) is 0 Å². The van der Waals surface area contributed by atoms with Crippen LogP contribution in [-0.4, -0.2) is 15.0 Å². The molecular weight excluding hydrogens is 615 g/mol. The summed E-state index contributed by atoms with van der Waals surface area (Å²) in [5.41, 5.74) is 5.41. The molecule has 49 heavy (non-hydrogen) atoms. The third-order valence-corrected chi connectivity index (χ3v) is 10.8. The summed E-state index contributed by atoms with van der Waals surface area (Å²) in [6.07, 6.45) is 0. The van der Waals surface area contributed by atoms with Gasteiger partial charge in [0, 0.05) is 42.2 Å². The van der Waals surface area contributed by atoms with E-state index in [1.807, 2.05) is 29.5 Å². The molecule has 10 rings (SSSR count). The highest BCUT2D eigenvalue weighted by Crippen LogP contribution is 2.46. The van der Waals surface area contributed by atoms with Crippen LogP contribution < -0.4 is 0 Å². The third kappa shape index (κ3) is 4.61. The zero-order chi connectivity index (χ0) is 32.3. The number of hydrogen-bond acceptors (Lipinski definition) is 4. The first-order valence-corrected chi connectivity index (χ1v) is 17.3. The highest BCUT2D eigenvalue weighted by molar-refractivity contribution is 7.27. The van der Waals surface area contributed by atoms with Crippen LogP contribution in [0.4, 0.5) is 0 Å². The maximum atomic E-state index is 5.22. The van der Waals surface area contributed by atoms with Crippen LogP contribution in [0.2, 0.25) is 0 Å². The van der Waals surface area contributed by atoms with Gasteiger partial charge in [-0.25, -0.2) is 15.0 Å². The van der Waals surface area contributed by atoms with Crippen LogP contribution in [0.5, 0.6) is 0 Å². The molecule has 0 N–H and O–H groups in total. The summed E-state index contributed by atoms with van der Waals surface area (Å²) in [6, 6.07) is 57.9. The topological polar surface area (TPSA) is 38.7 Å². The summed E-state index contributed by atoms with van der Waals surface area (Å²) in [5, 5.41) is 9.65. The van der Waals surface area contributed by atoms with Crippen LogP contribution in [0.3, 0.4) is 0 Å². The van der Waals surface area contributed by atoms with Crippen LogP contribution in [0.1, 0.15) is 0 Å². The van der Waals surface area contributed by atoms with Gasteiger partial charge in [-0.15, -0.1) is 11.3 Å². The van der Waals surface area contributed by atoms with Gasteiger partial charge in [-0.05, 0) is 50.2 Å². The largest absolute Gasteiger partial charge is 0.208 e. The molecule has 0 radical (unpaired) electrons. The van der Waals surface area contributed by atoms with Crippen molar-refractivity contribution in [3.05, 3.63) is 164 Å². The minimum atomic E-state index is 0.658. The molecule has 0 atom stereocenters. The monoisotopic (exact) mass is 641 g/mol. The lowest BCUT2D eigenvalue weighted by Crippen LogP contribution is -2.00. The quantitative estimate of drug-likeness (QED) is 0.180. The van der Waals surface area contributed by atoms with Crippen LogP contribution in [0, 0.1) is 0 Å². The highest BCUT2D eigenvalue weighted by atomic mass is 32.1. The molecule has 4 heteroatoms. The zero-order valence-electron chi connectivity index (χ0n) is 26.3. The fraction of sp³-hybridized carbons (Fsp3) is 0. The van der Waals surface area contributed by atoms with Gasteiger partial charge in [0.05, 0.1) is 0 Å². The van der Waals surface area contributed by atoms with Gasteiger partial charge >= 0.3 is 0 Å². The molecule has 0 amide bonds. The van der Waals surface area contributed by atoms with E-state index in [2.05, 4.69) is 146 Å².